The van der Waals surface area contributed by atoms with Crippen LogP contribution < -0.4 is 5.32 Å². The van der Waals surface area contributed by atoms with Crippen molar-refractivity contribution in [2.24, 2.45) is 0 Å². The van der Waals surface area contributed by atoms with Gasteiger partial charge in [-0.2, -0.15) is 10.2 Å². The molecular weight excluding hydrogens is 246 g/mol. The molecule has 1 rings (SSSR count). The van der Waals surface area contributed by atoms with Crippen molar-refractivity contribution in [2.45, 2.75) is 24.7 Å². The van der Waals surface area contributed by atoms with E-state index in [0.29, 0.717) is 6.54 Å². The molecule has 1 amide bonds. The topological polar surface area (TPSA) is 54.9 Å². The van der Waals surface area contributed by atoms with Crippen LogP contribution in [0.1, 0.15) is 19.5 Å². The lowest BCUT2D eigenvalue weighted by Gasteiger charge is -2.15. The average molecular weight is 258 g/mol. The Kier molecular flexibility index (Phi) is 3.57. The lowest BCUT2D eigenvalue weighted by Crippen LogP contribution is -2.37. The first-order valence-electron chi connectivity index (χ1n) is 4.24. The Bertz CT molecular complexity index is 308. The van der Waals surface area contributed by atoms with Gasteiger partial charge in [0.25, 0.3) is 0 Å². The summed E-state index contributed by atoms with van der Waals surface area (Å²) < 4.78 is -0.546. The van der Waals surface area contributed by atoms with Crippen LogP contribution in [0, 0.1) is 0 Å². The van der Waals surface area contributed by atoms with Crippen molar-refractivity contribution in [1.29, 1.82) is 0 Å². The maximum absolute atomic E-state index is 11.4. The molecule has 0 aromatic carbocycles. The minimum Gasteiger partial charge on any atom is -0.349 e. The summed E-state index contributed by atoms with van der Waals surface area (Å²) in [6, 6.07) is 3.60. The summed E-state index contributed by atoms with van der Waals surface area (Å²) in [5, 5.41) is 10.3. The highest BCUT2D eigenvalue weighted by Gasteiger charge is 2.22. The summed E-state index contributed by atoms with van der Waals surface area (Å²) in [4.78, 5) is 11.4. The smallest absolute Gasteiger partial charge is 0.236 e. The molecule has 0 unspecified atom stereocenters. The Morgan fingerprint density at radius 1 is 1.64 bits per heavy atom. The van der Waals surface area contributed by atoms with E-state index in [1.54, 1.807) is 26.1 Å². The zero-order valence-corrected chi connectivity index (χ0v) is 9.71. The quantitative estimate of drug-likeness (QED) is 0.830. The van der Waals surface area contributed by atoms with Crippen LogP contribution in [0.4, 0.5) is 0 Å². The molecule has 76 valence electrons. The molecule has 1 N–H and O–H groups in total. The molecule has 14 heavy (non-hydrogen) atoms. The van der Waals surface area contributed by atoms with Crippen LogP contribution in [0.15, 0.2) is 18.3 Å². The molecule has 0 aliphatic rings. The maximum atomic E-state index is 11.4. The number of halogens is 1. The van der Waals surface area contributed by atoms with Gasteiger partial charge in [-0.3, -0.25) is 4.79 Å². The van der Waals surface area contributed by atoms with E-state index in [4.69, 9.17) is 0 Å². The van der Waals surface area contributed by atoms with Gasteiger partial charge in [0.2, 0.25) is 5.91 Å². The number of hydrogen-bond acceptors (Lipinski definition) is 3. The van der Waals surface area contributed by atoms with Crippen molar-refractivity contribution in [2.75, 3.05) is 0 Å². The molecule has 0 saturated heterocycles. The summed E-state index contributed by atoms with van der Waals surface area (Å²) >= 11 is 3.27. The maximum Gasteiger partial charge on any atom is 0.236 e. The lowest BCUT2D eigenvalue weighted by molar-refractivity contribution is -0.122. The summed E-state index contributed by atoms with van der Waals surface area (Å²) in [5.41, 5.74) is 0.748. The van der Waals surface area contributed by atoms with E-state index in [1.165, 1.54) is 0 Å². The van der Waals surface area contributed by atoms with Crippen LogP contribution in [0.5, 0.6) is 0 Å². The standard InChI is InChI=1S/C9H12BrN3O/c1-9(2,10)8(14)11-6-7-4-3-5-12-13-7/h3-5H,6H2,1-2H3,(H,11,14). The Morgan fingerprint density at radius 2 is 2.36 bits per heavy atom. The Hall–Kier alpha value is -0.970. The normalized spacial score (nSPS) is 11.1. The zero-order chi connectivity index (χ0) is 10.6. The van der Waals surface area contributed by atoms with Crippen molar-refractivity contribution < 1.29 is 4.79 Å². The number of rotatable bonds is 3. The van der Waals surface area contributed by atoms with Gasteiger partial charge in [0.15, 0.2) is 0 Å². The molecule has 5 heteroatoms. The number of aromatic nitrogens is 2. The second kappa shape index (κ2) is 4.50. The van der Waals surface area contributed by atoms with E-state index >= 15 is 0 Å². The highest BCUT2D eigenvalue weighted by molar-refractivity contribution is 9.10. The van der Waals surface area contributed by atoms with Crippen LogP contribution in [0.3, 0.4) is 0 Å². The van der Waals surface area contributed by atoms with Gasteiger partial charge >= 0.3 is 0 Å². The van der Waals surface area contributed by atoms with Gasteiger partial charge in [0.05, 0.1) is 16.6 Å². The van der Waals surface area contributed by atoms with Crippen LogP contribution in [-0.4, -0.2) is 20.4 Å². The molecule has 0 atom stereocenters. The molecule has 0 fully saturated rings. The van der Waals surface area contributed by atoms with E-state index in [1.807, 2.05) is 6.07 Å². The van der Waals surface area contributed by atoms with E-state index in [-0.39, 0.29) is 5.91 Å². The molecule has 1 heterocycles. The number of nitrogens with one attached hydrogen (secondary N) is 1. The zero-order valence-electron chi connectivity index (χ0n) is 8.12. The predicted molar refractivity (Wildman–Crippen MR) is 56.9 cm³/mol. The second-order valence-corrected chi connectivity index (χ2v) is 5.35. The minimum atomic E-state index is -0.546. The molecule has 0 aliphatic carbocycles. The Labute approximate surface area is 91.2 Å². The van der Waals surface area contributed by atoms with Gasteiger partial charge < -0.3 is 5.32 Å². The Morgan fingerprint density at radius 3 is 2.86 bits per heavy atom. The monoisotopic (exact) mass is 257 g/mol. The third-order valence-electron chi connectivity index (χ3n) is 1.60. The van der Waals surface area contributed by atoms with E-state index < -0.39 is 4.32 Å². The fraction of sp³-hybridized carbons (Fsp3) is 0.444. The third-order valence-corrected chi connectivity index (χ3v) is 1.96. The summed E-state index contributed by atoms with van der Waals surface area (Å²) in [5.74, 6) is -0.0665. The number of carbonyl (C=O) groups excluding carboxylic acids is 1. The van der Waals surface area contributed by atoms with Crippen LogP contribution in [-0.2, 0) is 11.3 Å². The fourth-order valence-electron chi connectivity index (χ4n) is 0.809. The van der Waals surface area contributed by atoms with E-state index in [0.717, 1.165) is 5.69 Å². The van der Waals surface area contributed by atoms with Crippen LogP contribution >= 0.6 is 15.9 Å². The SMILES string of the molecule is CC(C)(Br)C(=O)NCc1cccnn1. The molecule has 0 aliphatic heterocycles. The second-order valence-electron chi connectivity index (χ2n) is 3.37. The van der Waals surface area contributed by atoms with Crippen molar-refractivity contribution in [1.82, 2.24) is 15.5 Å². The van der Waals surface area contributed by atoms with Crippen molar-refractivity contribution in [3.63, 3.8) is 0 Å². The summed E-state index contributed by atoms with van der Waals surface area (Å²) in [7, 11) is 0. The summed E-state index contributed by atoms with van der Waals surface area (Å²) in [6.07, 6.45) is 1.60. The molecule has 4 nitrogen and oxygen atoms in total. The molecule has 1 aromatic rings. The average Bonchev–Trinajstić information content (AvgIpc) is 2.14. The van der Waals surface area contributed by atoms with Crippen molar-refractivity contribution in [3.8, 4) is 0 Å². The van der Waals surface area contributed by atoms with Gasteiger partial charge in [-0.1, -0.05) is 15.9 Å². The fourth-order valence-corrected chi connectivity index (χ4v) is 0.949. The van der Waals surface area contributed by atoms with E-state index in [2.05, 4.69) is 31.4 Å². The van der Waals surface area contributed by atoms with Crippen molar-refractivity contribution in [3.05, 3.63) is 24.0 Å². The number of nitrogens with zero attached hydrogens (tertiary/aromatic N) is 2. The number of alkyl halides is 1. The predicted octanol–water partition coefficient (Wildman–Crippen LogP) is 1.27. The molecule has 0 radical (unpaired) electrons. The van der Waals surface area contributed by atoms with Crippen LogP contribution in [0.2, 0.25) is 0 Å². The molecule has 0 bridgehead atoms. The molecule has 0 spiro atoms. The molecular formula is C9H12BrN3O. The van der Waals surface area contributed by atoms with Gasteiger partial charge in [-0.25, -0.2) is 0 Å². The van der Waals surface area contributed by atoms with Crippen molar-refractivity contribution >= 4 is 21.8 Å². The first-order valence-corrected chi connectivity index (χ1v) is 5.03. The molecule has 1 aromatic heterocycles. The van der Waals surface area contributed by atoms with Gasteiger partial charge in [0.1, 0.15) is 0 Å². The first kappa shape index (κ1) is 11.1. The van der Waals surface area contributed by atoms with Crippen LogP contribution in [0.25, 0.3) is 0 Å². The highest BCUT2D eigenvalue weighted by Crippen LogP contribution is 2.15. The number of hydrogen-bond donors (Lipinski definition) is 1. The number of amides is 1. The largest absolute Gasteiger partial charge is 0.349 e. The van der Waals surface area contributed by atoms with E-state index in [9.17, 15) is 4.79 Å². The summed E-state index contributed by atoms with van der Waals surface area (Å²) in [6.45, 7) is 3.99. The van der Waals surface area contributed by atoms with Gasteiger partial charge in [-0.05, 0) is 26.0 Å². The third kappa shape index (κ3) is 3.41. The van der Waals surface area contributed by atoms with Gasteiger partial charge in [0, 0.05) is 6.20 Å². The Balaban J connectivity index is 2.46. The minimum absolute atomic E-state index is 0.0665. The lowest BCUT2D eigenvalue weighted by atomic mass is 10.2. The first-order chi connectivity index (χ1) is 6.50. The number of carbonyl (C=O) groups is 1. The van der Waals surface area contributed by atoms with Gasteiger partial charge in [-0.15, -0.1) is 0 Å². The molecule has 0 saturated carbocycles. The highest BCUT2D eigenvalue weighted by atomic mass is 79.9.